The Morgan fingerprint density at radius 3 is 1.70 bits per heavy atom. The van der Waals surface area contributed by atoms with Crippen molar-refractivity contribution in [3.63, 3.8) is 0 Å². The third-order valence-corrected chi connectivity index (χ3v) is 12.0. The molecule has 0 fully saturated rings. The van der Waals surface area contributed by atoms with Gasteiger partial charge in [-0.05, 0) is 86.8 Å². The third-order valence-electron chi connectivity index (χ3n) is 12.0. The van der Waals surface area contributed by atoms with E-state index in [1.54, 1.807) is 54.7 Å². The Kier molecular flexibility index (Phi) is 15.1. The van der Waals surface area contributed by atoms with Gasteiger partial charge in [0.05, 0.1) is 63.8 Å². The van der Waals surface area contributed by atoms with E-state index in [-0.39, 0.29) is 24.5 Å². The highest BCUT2D eigenvalue weighted by molar-refractivity contribution is 5.95. The number of benzene rings is 4. The van der Waals surface area contributed by atoms with Crippen molar-refractivity contribution in [2.24, 2.45) is 0 Å². The van der Waals surface area contributed by atoms with Gasteiger partial charge in [-0.25, -0.2) is 44.9 Å². The van der Waals surface area contributed by atoms with Gasteiger partial charge in [0.25, 0.3) is 11.1 Å². The van der Waals surface area contributed by atoms with Crippen LogP contribution < -0.4 is 21.2 Å². The number of nitriles is 2. The zero-order chi connectivity index (χ0) is 51.2. The van der Waals surface area contributed by atoms with Crippen LogP contribution in [0.4, 0.5) is 5.82 Å². The van der Waals surface area contributed by atoms with Gasteiger partial charge in [-0.1, -0.05) is 75.0 Å². The quantitative estimate of drug-likeness (QED) is 0.127. The zero-order valence-corrected chi connectivity index (χ0v) is 40.7. The number of nitrogens with one attached hydrogen (secondary N) is 1. The second-order valence-electron chi connectivity index (χ2n) is 17.0. The van der Waals surface area contributed by atoms with Crippen molar-refractivity contribution in [1.82, 2.24) is 54.0 Å². The molecule has 6 heterocycles. The maximum atomic E-state index is 14.2. The standard InChI is InChI=1S/C29H24N6O2.C27H22N8O.CH4/c1-18(14-25-21(16-30)17-32-19(2)33-25)28-34-24-11-7-10-23(20-12-13-31-26(15-20)37-3)27(24)29(36)35(28)22-8-5-4-6-9-22;1-16(32-25-19(12-28)13-31-18(3)33-25)26-34-23-11-7-10-22(20-14-29-17(2)30-15-20)24(23)27(36)35(26)21-8-5-4-6-9-21;/h4-13,15,17-18H,14H2,1-3H3;4-11,13-16H,1-3H3,(H,31,32,33);1H4/t18-;16-;/m10./s1. The van der Waals surface area contributed by atoms with Crippen LogP contribution in [0.25, 0.3) is 55.4 Å². The van der Waals surface area contributed by atoms with Gasteiger partial charge in [0.2, 0.25) is 5.88 Å². The molecule has 10 rings (SSSR count). The molecule has 0 aliphatic rings. The van der Waals surface area contributed by atoms with E-state index in [1.165, 1.54) is 12.4 Å². The van der Waals surface area contributed by atoms with E-state index in [2.05, 4.69) is 52.3 Å². The van der Waals surface area contributed by atoms with Crippen LogP contribution >= 0.6 is 0 Å². The van der Waals surface area contributed by atoms with E-state index in [4.69, 9.17) is 14.7 Å². The first-order valence-electron chi connectivity index (χ1n) is 23.2. The lowest BCUT2D eigenvalue weighted by Gasteiger charge is -2.21. The molecule has 0 unspecified atom stereocenters. The summed E-state index contributed by atoms with van der Waals surface area (Å²) in [5.74, 6) is 3.47. The number of fused-ring (bicyclic) bond motifs is 2. The molecule has 10 aromatic rings. The van der Waals surface area contributed by atoms with Crippen molar-refractivity contribution in [2.45, 2.75) is 60.4 Å². The Hall–Kier alpha value is -9.87. The summed E-state index contributed by atoms with van der Waals surface area (Å²) in [5.41, 5.74) is 6.50. The Balaban J connectivity index is 0.000000194. The number of ether oxygens (including phenoxy) is 1. The van der Waals surface area contributed by atoms with Crippen LogP contribution in [0, 0.1) is 43.4 Å². The van der Waals surface area contributed by atoms with Crippen molar-refractivity contribution in [2.75, 3.05) is 12.4 Å². The number of hydrogen-bond acceptors (Lipinski definition) is 15. The SMILES string of the molecule is C.COc1cc(-c2cccc3nc([C@H](C)Cc4nc(C)ncc4C#N)n(-c4ccccc4)c(=O)c23)ccn1.Cc1ncc(-c2cccc3nc([C@H](C)Nc4nc(C)ncc4C#N)n(-c4ccccc4)c(=O)c23)cn1. The maximum Gasteiger partial charge on any atom is 0.266 e. The van der Waals surface area contributed by atoms with Gasteiger partial charge >= 0.3 is 0 Å². The Labute approximate surface area is 426 Å². The minimum atomic E-state index is -0.463. The van der Waals surface area contributed by atoms with Gasteiger partial charge < -0.3 is 10.1 Å². The highest BCUT2D eigenvalue weighted by Gasteiger charge is 2.24. The number of hydrogen-bond donors (Lipinski definition) is 1. The van der Waals surface area contributed by atoms with E-state index in [1.807, 2.05) is 124 Å². The fourth-order valence-electron chi connectivity index (χ4n) is 8.55. The Morgan fingerprint density at radius 1 is 0.595 bits per heavy atom. The number of anilines is 1. The predicted molar refractivity (Wildman–Crippen MR) is 284 cm³/mol. The summed E-state index contributed by atoms with van der Waals surface area (Å²) in [7, 11) is 1.56. The van der Waals surface area contributed by atoms with Crippen LogP contribution in [0.15, 0.2) is 150 Å². The number of aromatic nitrogens is 11. The molecule has 0 saturated heterocycles. The molecule has 0 saturated carbocycles. The molecule has 17 nitrogen and oxygen atoms in total. The predicted octanol–water partition coefficient (Wildman–Crippen LogP) is 9.70. The van der Waals surface area contributed by atoms with E-state index < -0.39 is 6.04 Å². The fourth-order valence-corrected chi connectivity index (χ4v) is 8.55. The minimum absolute atomic E-state index is 0. The van der Waals surface area contributed by atoms with E-state index in [9.17, 15) is 20.1 Å². The number of aryl methyl sites for hydroxylation is 3. The van der Waals surface area contributed by atoms with E-state index in [0.717, 1.165) is 16.7 Å². The molecule has 17 heteroatoms. The number of para-hydroxylation sites is 2. The summed E-state index contributed by atoms with van der Waals surface area (Å²) < 4.78 is 8.56. The van der Waals surface area contributed by atoms with Crippen LogP contribution in [-0.2, 0) is 6.42 Å². The molecule has 0 amide bonds. The Bertz CT molecular complexity index is 3890. The molecule has 0 aliphatic heterocycles. The molecule has 6 aromatic heterocycles. The normalized spacial score (nSPS) is 11.6. The van der Waals surface area contributed by atoms with Gasteiger partial charge in [-0.2, -0.15) is 10.5 Å². The van der Waals surface area contributed by atoms with Gasteiger partial charge in [0, 0.05) is 48.8 Å². The molecule has 0 radical (unpaired) electrons. The van der Waals surface area contributed by atoms with Crippen LogP contribution in [0.3, 0.4) is 0 Å². The second kappa shape index (κ2) is 22.0. The van der Waals surface area contributed by atoms with Gasteiger partial charge in [0.1, 0.15) is 52.6 Å². The molecule has 74 heavy (non-hydrogen) atoms. The van der Waals surface area contributed by atoms with Crippen LogP contribution in [-0.4, -0.2) is 61.1 Å². The molecular weight excluding hydrogens is 929 g/mol. The fraction of sp³-hybridized carbons (Fsp3) is 0.175. The second-order valence-corrected chi connectivity index (χ2v) is 17.0. The van der Waals surface area contributed by atoms with E-state index >= 15 is 0 Å². The lowest BCUT2D eigenvalue weighted by Crippen LogP contribution is -2.28. The number of nitrogens with zero attached hydrogens (tertiary/aromatic N) is 13. The number of pyridine rings is 1. The average molecular weight is 979 g/mol. The smallest absolute Gasteiger partial charge is 0.266 e. The topological polar surface area (TPSA) is 229 Å². The summed E-state index contributed by atoms with van der Waals surface area (Å²) in [6.07, 6.45) is 8.52. The van der Waals surface area contributed by atoms with Crippen molar-refractivity contribution in [3.05, 3.63) is 207 Å². The maximum absolute atomic E-state index is 14.2. The lowest BCUT2D eigenvalue weighted by molar-refractivity contribution is 0.398. The minimum Gasteiger partial charge on any atom is -0.481 e. The van der Waals surface area contributed by atoms with Crippen LogP contribution in [0.5, 0.6) is 5.88 Å². The first-order valence-corrected chi connectivity index (χ1v) is 23.2. The summed E-state index contributed by atoms with van der Waals surface area (Å²) in [4.78, 5) is 68.2. The zero-order valence-electron chi connectivity index (χ0n) is 40.7. The first-order chi connectivity index (χ1) is 35.5. The lowest BCUT2D eigenvalue weighted by atomic mass is 9.99. The summed E-state index contributed by atoms with van der Waals surface area (Å²) in [6.45, 7) is 9.22. The molecule has 2 atom stereocenters. The third kappa shape index (κ3) is 10.3. The highest BCUT2D eigenvalue weighted by atomic mass is 16.5. The molecular formula is C57H50N14O3. The van der Waals surface area contributed by atoms with Crippen molar-refractivity contribution in [3.8, 4) is 51.6 Å². The molecule has 0 bridgehead atoms. The largest absolute Gasteiger partial charge is 0.481 e. The van der Waals surface area contributed by atoms with Gasteiger partial charge in [-0.15, -0.1) is 0 Å². The molecule has 0 spiro atoms. The van der Waals surface area contributed by atoms with Crippen LogP contribution in [0.2, 0.25) is 0 Å². The first kappa shape index (κ1) is 50.5. The summed E-state index contributed by atoms with van der Waals surface area (Å²) in [6, 6.07) is 37.5. The van der Waals surface area contributed by atoms with Crippen molar-refractivity contribution >= 4 is 27.6 Å². The van der Waals surface area contributed by atoms with Crippen molar-refractivity contribution in [1.29, 1.82) is 10.5 Å². The number of methoxy groups -OCH3 is 1. The highest BCUT2D eigenvalue weighted by Crippen LogP contribution is 2.31. The van der Waals surface area contributed by atoms with Gasteiger partial charge in [0.15, 0.2) is 0 Å². The van der Waals surface area contributed by atoms with Crippen LogP contribution in [0.1, 0.15) is 79.2 Å². The molecule has 1 N–H and O–H groups in total. The average Bonchev–Trinajstić information content (AvgIpc) is 3.41. The summed E-state index contributed by atoms with van der Waals surface area (Å²) >= 11 is 0. The van der Waals surface area contributed by atoms with E-state index in [0.29, 0.717) is 103 Å². The molecule has 4 aromatic carbocycles. The van der Waals surface area contributed by atoms with Gasteiger partial charge in [-0.3, -0.25) is 18.7 Å². The molecule has 0 aliphatic carbocycles. The summed E-state index contributed by atoms with van der Waals surface area (Å²) in [5, 5.41) is 23.3. The molecule has 366 valence electrons. The Morgan fingerprint density at radius 2 is 1.12 bits per heavy atom. The number of rotatable bonds is 11. The van der Waals surface area contributed by atoms with Crippen molar-refractivity contribution < 1.29 is 4.74 Å². The monoisotopic (exact) mass is 978 g/mol.